The minimum absolute atomic E-state index is 1.16. The van der Waals surface area contributed by atoms with Crippen LogP contribution in [0.15, 0.2) is 12.3 Å². The molecule has 2 unspecified atom stereocenters. The molecule has 0 aliphatic carbocycles. The summed E-state index contributed by atoms with van der Waals surface area (Å²) in [5, 5.41) is 0. The Morgan fingerprint density at radius 2 is 2.12 bits per heavy atom. The molecule has 4 heteroatoms. The monoisotopic (exact) mass is 148 g/mol. The Bertz CT molecular complexity index is 74.4. The van der Waals surface area contributed by atoms with Crippen molar-refractivity contribution >= 4 is 18.3 Å². The zero-order valence-electron chi connectivity index (χ0n) is 5.29. The van der Waals surface area contributed by atoms with E-state index in [9.17, 15) is 0 Å². The third-order valence-electron chi connectivity index (χ3n) is 0.744. The van der Waals surface area contributed by atoms with Crippen LogP contribution in [0.3, 0.4) is 0 Å². The Morgan fingerprint density at radius 1 is 1.62 bits per heavy atom. The van der Waals surface area contributed by atoms with Crippen LogP contribution in [0.25, 0.3) is 0 Å². The molecule has 0 radical (unpaired) electrons. The van der Waals surface area contributed by atoms with Crippen molar-refractivity contribution in [2.24, 2.45) is 0 Å². The lowest BCUT2D eigenvalue weighted by atomic mass is 11.3. The highest BCUT2D eigenvalue weighted by atomic mass is 28.4. The van der Waals surface area contributed by atoms with Crippen LogP contribution in [0.2, 0.25) is 13.1 Å². The number of rotatable bonds is 3. The summed E-state index contributed by atoms with van der Waals surface area (Å²) in [7, 11) is -2.92. The fraction of sp³-hybridized carbons (Fsp3) is 0.500. The summed E-state index contributed by atoms with van der Waals surface area (Å²) in [5.74, 6) is 0. The average Bonchev–Trinajstić information content (AvgIpc) is 1.65. The SMILES string of the molecule is C=C[SiH](C)O[SiH](C)O. The van der Waals surface area contributed by atoms with E-state index in [2.05, 4.69) is 6.58 Å². The van der Waals surface area contributed by atoms with E-state index in [1.807, 2.05) is 6.55 Å². The molecule has 0 heterocycles. The van der Waals surface area contributed by atoms with Crippen LogP contribution >= 0.6 is 0 Å². The lowest BCUT2D eigenvalue weighted by Crippen LogP contribution is -2.21. The summed E-state index contributed by atoms with van der Waals surface area (Å²) in [6.07, 6.45) is 0. The van der Waals surface area contributed by atoms with E-state index in [4.69, 9.17) is 8.91 Å². The standard InChI is InChI=1S/C4H12O2Si2/c1-4-7(2)6-8(3)5/h4-5,7-8H,1H2,2-3H3. The van der Waals surface area contributed by atoms with Crippen LogP contribution < -0.4 is 0 Å². The third-order valence-corrected chi connectivity index (χ3v) is 4.70. The minimum atomic E-state index is -1.76. The molecule has 0 bridgehead atoms. The molecule has 2 nitrogen and oxygen atoms in total. The second kappa shape index (κ2) is 4.02. The highest BCUT2D eigenvalue weighted by Crippen LogP contribution is 1.87. The molecule has 0 amide bonds. The van der Waals surface area contributed by atoms with Crippen molar-refractivity contribution in [2.45, 2.75) is 13.1 Å². The van der Waals surface area contributed by atoms with Gasteiger partial charge in [0.05, 0.1) is 0 Å². The van der Waals surface area contributed by atoms with Gasteiger partial charge in [-0.15, -0.1) is 6.58 Å². The maximum atomic E-state index is 8.76. The second-order valence-electron chi connectivity index (χ2n) is 1.68. The van der Waals surface area contributed by atoms with E-state index in [0.717, 1.165) is 0 Å². The topological polar surface area (TPSA) is 29.5 Å². The average molecular weight is 148 g/mol. The highest BCUT2D eigenvalue weighted by molar-refractivity contribution is 6.64. The van der Waals surface area contributed by atoms with Gasteiger partial charge in [0.25, 0.3) is 0 Å². The lowest BCUT2D eigenvalue weighted by molar-refractivity contribution is 0.434. The smallest absolute Gasteiger partial charge is 0.305 e. The molecule has 0 aromatic rings. The number of hydrogen-bond donors (Lipinski definition) is 1. The summed E-state index contributed by atoms with van der Waals surface area (Å²) in [6.45, 7) is 7.30. The summed E-state index contributed by atoms with van der Waals surface area (Å²) in [5.41, 5.74) is 1.81. The van der Waals surface area contributed by atoms with E-state index in [0.29, 0.717) is 0 Å². The van der Waals surface area contributed by atoms with Crippen LogP contribution in [0.5, 0.6) is 0 Å². The Labute approximate surface area is 53.4 Å². The van der Waals surface area contributed by atoms with Crippen molar-refractivity contribution in [1.29, 1.82) is 0 Å². The second-order valence-corrected chi connectivity index (χ2v) is 5.85. The fourth-order valence-electron chi connectivity index (χ4n) is 0.366. The van der Waals surface area contributed by atoms with Crippen LogP contribution in [-0.2, 0) is 4.12 Å². The summed E-state index contributed by atoms with van der Waals surface area (Å²) in [6, 6.07) is 0. The highest BCUT2D eigenvalue weighted by Gasteiger charge is 2.02. The Balaban J connectivity index is 3.23. The maximum absolute atomic E-state index is 8.76. The molecule has 0 saturated carbocycles. The first kappa shape index (κ1) is 8.09. The van der Waals surface area contributed by atoms with Gasteiger partial charge in [-0.1, -0.05) is 5.70 Å². The summed E-state index contributed by atoms with van der Waals surface area (Å²) in [4.78, 5) is 8.76. The lowest BCUT2D eigenvalue weighted by Gasteiger charge is -2.07. The molecule has 0 saturated heterocycles. The van der Waals surface area contributed by atoms with Crippen LogP contribution in [-0.4, -0.2) is 23.1 Å². The molecular formula is C4H12O2Si2. The third kappa shape index (κ3) is 4.26. The molecule has 0 spiro atoms. The molecule has 0 rings (SSSR count). The predicted octanol–water partition coefficient (Wildman–Crippen LogP) is -0.0756. The molecule has 2 atom stereocenters. The van der Waals surface area contributed by atoms with E-state index >= 15 is 0 Å². The molecule has 0 aromatic carbocycles. The van der Waals surface area contributed by atoms with E-state index in [1.165, 1.54) is 0 Å². The van der Waals surface area contributed by atoms with Gasteiger partial charge in [-0.2, -0.15) is 0 Å². The van der Waals surface area contributed by atoms with Gasteiger partial charge in [-0.25, -0.2) is 0 Å². The predicted molar refractivity (Wildman–Crippen MR) is 39.5 cm³/mol. The summed E-state index contributed by atoms with van der Waals surface area (Å²) >= 11 is 0. The van der Waals surface area contributed by atoms with E-state index < -0.39 is 18.3 Å². The van der Waals surface area contributed by atoms with Gasteiger partial charge in [-0.3, -0.25) is 0 Å². The minimum Gasteiger partial charge on any atom is -0.437 e. The fourth-order valence-corrected chi connectivity index (χ4v) is 3.30. The first-order valence-electron chi connectivity index (χ1n) is 2.63. The van der Waals surface area contributed by atoms with E-state index in [1.54, 1.807) is 12.2 Å². The molecule has 0 aliphatic heterocycles. The summed E-state index contributed by atoms with van der Waals surface area (Å²) < 4.78 is 5.11. The first-order chi connectivity index (χ1) is 3.66. The zero-order valence-corrected chi connectivity index (χ0v) is 7.60. The van der Waals surface area contributed by atoms with E-state index in [-0.39, 0.29) is 0 Å². The van der Waals surface area contributed by atoms with Gasteiger partial charge < -0.3 is 8.91 Å². The van der Waals surface area contributed by atoms with Gasteiger partial charge in [-0.05, 0) is 13.1 Å². The van der Waals surface area contributed by atoms with Crippen molar-refractivity contribution in [3.05, 3.63) is 12.3 Å². The molecule has 0 aromatic heterocycles. The van der Waals surface area contributed by atoms with Gasteiger partial charge in [0.1, 0.15) is 0 Å². The van der Waals surface area contributed by atoms with Gasteiger partial charge in [0.2, 0.25) is 0 Å². The quantitative estimate of drug-likeness (QED) is 0.568. The molecular weight excluding hydrogens is 136 g/mol. The molecule has 0 aliphatic rings. The van der Waals surface area contributed by atoms with Gasteiger partial charge in [0.15, 0.2) is 9.04 Å². The Morgan fingerprint density at radius 3 is 2.25 bits per heavy atom. The van der Waals surface area contributed by atoms with Gasteiger partial charge in [0, 0.05) is 0 Å². The molecule has 0 fully saturated rings. The van der Waals surface area contributed by atoms with Crippen molar-refractivity contribution in [3.63, 3.8) is 0 Å². The van der Waals surface area contributed by atoms with Crippen molar-refractivity contribution in [1.82, 2.24) is 0 Å². The van der Waals surface area contributed by atoms with Crippen molar-refractivity contribution < 1.29 is 8.91 Å². The number of hydrogen-bond acceptors (Lipinski definition) is 2. The molecule has 8 heavy (non-hydrogen) atoms. The van der Waals surface area contributed by atoms with Crippen molar-refractivity contribution in [3.8, 4) is 0 Å². The van der Waals surface area contributed by atoms with Crippen LogP contribution in [0.4, 0.5) is 0 Å². The molecule has 1 N–H and O–H groups in total. The Kier molecular flexibility index (Phi) is 4.07. The zero-order chi connectivity index (χ0) is 6.57. The maximum Gasteiger partial charge on any atom is 0.305 e. The first-order valence-corrected chi connectivity index (χ1v) is 7.06. The largest absolute Gasteiger partial charge is 0.437 e. The van der Waals surface area contributed by atoms with Gasteiger partial charge >= 0.3 is 9.28 Å². The Hall–Kier alpha value is 0.0938. The van der Waals surface area contributed by atoms with Crippen LogP contribution in [0, 0.1) is 0 Å². The van der Waals surface area contributed by atoms with Crippen molar-refractivity contribution in [2.75, 3.05) is 0 Å². The molecule has 48 valence electrons. The normalized spacial score (nSPS) is 17.4. The van der Waals surface area contributed by atoms with Crippen LogP contribution in [0.1, 0.15) is 0 Å².